The van der Waals surface area contributed by atoms with Gasteiger partial charge in [0.2, 0.25) is 5.89 Å². The average molecular weight is 345 g/mol. The third kappa shape index (κ3) is 4.54. The molecule has 134 valence electrons. The molecule has 8 nitrogen and oxygen atoms in total. The van der Waals surface area contributed by atoms with Gasteiger partial charge in [-0.2, -0.15) is 4.98 Å². The van der Waals surface area contributed by atoms with Gasteiger partial charge in [-0.25, -0.2) is 4.79 Å². The van der Waals surface area contributed by atoms with Crippen molar-refractivity contribution in [2.45, 2.75) is 38.6 Å². The van der Waals surface area contributed by atoms with Crippen LogP contribution in [0.15, 0.2) is 29.0 Å². The maximum atomic E-state index is 12.4. The maximum Gasteiger partial charge on any atom is 0.319 e. The Morgan fingerprint density at radius 2 is 2.12 bits per heavy atom. The number of rotatable bonds is 5. The number of nitrogens with one attached hydrogen (secondary N) is 2. The van der Waals surface area contributed by atoms with E-state index in [0.717, 1.165) is 12.8 Å². The predicted molar refractivity (Wildman–Crippen MR) is 91.1 cm³/mol. The molecular weight excluding hydrogens is 322 g/mol. The normalized spacial score (nSPS) is 16.6. The summed E-state index contributed by atoms with van der Waals surface area (Å²) in [6, 6.07) is 2.87. The van der Waals surface area contributed by atoms with Crippen LogP contribution in [0, 0.1) is 5.92 Å². The maximum absolute atomic E-state index is 12.4. The summed E-state index contributed by atoms with van der Waals surface area (Å²) in [5, 5.41) is 9.77. The summed E-state index contributed by atoms with van der Waals surface area (Å²) < 4.78 is 10.9. The molecule has 3 rings (SSSR count). The predicted octanol–water partition coefficient (Wildman–Crippen LogP) is 2.88. The van der Waals surface area contributed by atoms with Crippen LogP contribution in [0.2, 0.25) is 0 Å². The molecule has 2 aromatic heterocycles. The fourth-order valence-electron chi connectivity index (χ4n) is 2.78. The molecule has 0 aliphatic carbocycles. The van der Waals surface area contributed by atoms with Crippen molar-refractivity contribution >= 4 is 11.7 Å². The van der Waals surface area contributed by atoms with Crippen LogP contribution in [0.25, 0.3) is 0 Å². The number of ether oxygens (including phenoxy) is 1. The van der Waals surface area contributed by atoms with Crippen LogP contribution in [-0.4, -0.2) is 34.4 Å². The Morgan fingerprint density at radius 3 is 2.76 bits per heavy atom. The molecule has 3 heterocycles. The molecule has 0 radical (unpaired) electrons. The summed E-state index contributed by atoms with van der Waals surface area (Å²) in [5.74, 6) is 1.43. The fraction of sp³-hybridized carbons (Fsp3) is 0.529. The minimum Gasteiger partial charge on any atom is -0.381 e. The number of hydrogen-bond acceptors (Lipinski definition) is 6. The van der Waals surface area contributed by atoms with E-state index < -0.39 is 0 Å². The minimum atomic E-state index is -0.347. The van der Waals surface area contributed by atoms with Gasteiger partial charge in [0.05, 0.1) is 11.9 Å². The summed E-state index contributed by atoms with van der Waals surface area (Å²) in [7, 11) is 0. The number of hydrogen-bond donors (Lipinski definition) is 2. The van der Waals surface area contributed by atoms with Gasteiger partial charge in [-0.15, -0.1) is 0 Å². The molecule has 1 aliphatic rings. The number of carbonyl (C=O) groups excluding carboxylic acids is 1. The summed E-state index contributed by atoms with van der Waals surface area (Å²) in [4.78, 5) is 20.9. The van der Waals surface area contributed by atoms with Gasteiger partial charge in [0.1, 0.15) is 6.04 Å². The molecule has 8 heteroatoms. The molecule has 0 spiro atoms. The van der Waals surface area contributed by atoms with Gasteiger partial charge in [0.25, 0.3) is 0 Å². The van der Waals surface area contributed by atoms with Crippen molar-refractivity contribution in [1.29, 1.82) is 0 Å². The topological polar surface area (TPSA) is 102 Å². The van der Waals surface area contributed by atoms with E-state index in [1.165, 1.54) is 0 Å². The second-order valence-corrected chi connectivity index (χ2v) is 6.41. The van der Waals surface area contributed by atoms with Crippen LogP contribution >= 0.6 is 0 Å². The smallest absolute Gasteiger partial charge is 0.319 e. The largest absolute Gasteiger partial charge is 0.381 e. The number of nitrogens with zero attached hydrogens (tertiary/aromatic N) is 3. The Hall–Kier alpha value is -2.48. The second-order valence-electron chi connectivity index (χ2n) is 6.41. The van der Waals surface area contributed by atoms with E-state index in [1.807, 2.05) is 13.8 Å². The number of pyridine rings is 1. The van der Waals surface area contributed by atoms with E-state index in [1.54, 1.807) is 24.5 Å². The molecule has 2 N–H and O–H groups in total. The standard InChI is InChI=1S/C17H23N5O3/c1-11(2)15-21-16(25-22-15)14(12-5-8-24-9-6-12)20-17(23)19-13-4-3-7-18-10-13/h3-4,7,10-12,14H,5-6,8-9H2,1-2H3,(H2,19,20,23). The highest BCUT2D eigenvalue weighted by Gasteiger charge is 2.31. The van der Waals surface area contributed by atoms with Gasteiger partial charge < -0.3 is 19.9 Å². The Labute approximate surface area is 146 Å². The van der Waals surface area contributed by atoms with Crippen molar-refractivity contribution in [3.8, 4) is 0 Å². The van der Waals surface area contributed by atoms with Crippen molar-refractivity contribution in [3.63, 3.8) is 0 Å². The number of carbonyl (C=O) groups is 1. The van der Waals surface area contributed by atoms with Gasteiger partial charge in [-0.3, -0.25) is 4.98 Å². The van der Waals surface area contributed by atoms with E-state index in [4.69, 9.17) is 9.26 Å². The second kappa shape index (κ2) is 8.06. The first-order chi connectivity index (χ1) is 12.1. The molecule has 1 unspecified atom stereocenters. The molecule has 0 saturated carbocycles. The average Bonchev–Trinajstić information content (AvgIpc) is 3.11. The van der Waals surface area contributed by atoms with Crippen LogP contribution in [0.5, 0.6) is 0 Å². The van der Waals surface area contributed by atoms with Gasteiger partial charge >= 0.3 is 6.03 Å². The highest BCUT2D eigenvalue weighted by molar-refractivity contribution is 5.89. The van der Waals surface area contributed by atoms with E-state index in [2.05, 4.69) is 25.8 Å². The first-order valence-corrected chi connectivity index (χ1v) is 8.52. The van der Waals surface area contributed by atoms with Gasteiger partial charge in [0, 0.05) is 25.3 Å². The Morgan fingerprint density at radius 1 is 1.32 bits per heavy atom. The lowest BCUT2D eigenvalue weighted by Crippen LogP contribution is -2.38. The van der Waals surface area contributed by atoms with E-state index in [-0.39, 0.29) is 23.9 Å². The van der Waals surface area contributed by atoms with Gasteiger partial charge in [-0.05, 0) is 30.9 Å². The summed E-state index contributed by atoms with van der Waals surface area (Å²) in [6.07, 6.45) is 4.90. The third-order valence-electron chi connectivity index (χ3n) is 4.18. The molecule has 2 amide bonds. The van der Waals surface area contributed by atoms with Crippen molar-refractivity contribution in [2.24, 2.45) is 5.92 Å². The molecule has 1 aliphatic heterocycles. The van der Waals surface area contributed by atoms with E-state index in [9.17, 15) is 4.79 Å². The zero-order valence-electron chi connectivity index (χ0n) is 14.4. The van der Waals surface area contributed by atoms with Gasteiger partial charge in [-0.1, -0.05) is 19.0 Å². The van der Waals surface area contributed by atoms with E-state index in [0.29, 0.717) is 30.6 Å². The van der Waals surface area contributed by atoms with Gasteiger partial charge in [0.15, 0.2) is 5.82 Å². The highest BCUT2D eigenvalue weighted by Crippen LogP contribution is 2.30. The molecule has 0 aromatic carbocycles. The van der Waals surface area contributed by atoms with Crippen LogP contribution in [-0.2, 0) is 4.74 Å². The van der Waals surface area contributed by atoms with Crippen LogP contribution in [0.4, 0.5) is 10.5 Å². The van der Waals surface area contributed by atoms with Crippen molar-refractivity contribution in [1.82, 2.24) is 20.4 Å². The van der Waals surface area contributed by atoms with E-state index >= 15 is 0 Å². The summed E-state index contributed by atoms with van der Waals surface area (Å²) in [5.41, 5.74) is 0.624. The lowest BCUT2D eigenvalue weighted by Gasteiger charge is -2.28. The molecule has 0 bridgehead atoms. The monoisotopic (exact) mass is 345 g/mol. The molecule has 1 atom stereocenters. The lowest BCUT2D eigenvalue weighted by molar-refractivity contribution is 0.0506. The molecule has 1 saturated heterocycles. The molecule has 1 fully saturated rings. The number of amides is 2. The highest BCUT2D eigenvalue weighted by atomic mass is 16.5. The number of urea groups is 1. The number of aromatic nitrogens is 3. The minimum absolute atomic E-state index is 0.164. The van der Waals surface area contributed by atoms with Crippen LogP contribution in [0.3, 0.4) is 0 Å². The summed E-state index contributed by atoms with van der Waals surface area (Å²) >= 11 is 0. The Kier molecular flexibility index (Phi) is 5.60. The van der Waals surface area contributed by atoms with Crippen molar-refractivity contribution in [2.75, 3.05) is 18.5 Å². The molecule has 2 aromatic rings. The van der Waals surface area contributed by atoms with Crippen LogP contribution < -0.4 is 10.6 Å². The SMILES string of the molecule is CC(C)c1noc(C(NC(=O)Nc2cccnc2)C2CCOCC2)n1. The Balaban J connectivity index is 1.74. The summed E-state index contributed by atoms with van der Waals surface area (Å²) in [6.45, 7) is 5.33. The first-order valence-electron chi connectivity index (χ1n) is 8.52. The third-order valence-corrected chi connectivity index (χ3v) is 4.18. The number of anilines is 1. The lowest BCUT2D eigenvalue weighted by atomic mass is 9.91. The molecular formula is C17H23N5O3. The van der Waals surface area contributed by atoms with Crippen molar-refractivity contribution < 1.29 is 14.1 Å². The fourth-order valence-corrected chi connectivity index (χ4v) is 2.78. The van der Waals surface area contributed by atoms with Crippen molar-refractivity contribution in [3.05, 3.63) is 36.2 Å². The van der Waals surface area contributed by atoms with Crippen LogP contribution in [0.1, 0.15) is 50.4 Å². The Bertz CT molecular complexity index is 683. The molecule has 25 heavy (non-hydrogen) atoms. The zero-order valence-corrected chi connectivity index (χ0v) is 14.4. The first kappa shape index (κ1) is 17.3. The zero-order chi connectivity index (χ0) is 17.6. The quantitative estimate of drug-likeness (QED) is 0.864.